The van der Waals surface area contributed by atoms with Crippen LogP contribution < -0.4 is 11.1 Å². The number of fused-ring (bicyclic) bond motifs is 2. The number of nitrogens with two attached hydrogens (primary N) is 1. The number of alkyl carbamates (subject to hydrolysis) is 1. The van der Waals surface area contributed by atoms with Crippen LogP contribution in [0.1, 0.15) is 40.0 Å². The number of rotatable bonds is 2. The number of ether oxygens (including phenoxy) is 1. The van der Waals surface area contributed by atoms with Crippen LogP contribution in [-0.2, 0) is 4.74 Å². The van der Waals surface area contributed by atoms with Gasteiger partial charge in [-0.3, -0.25) is 0 Å². The first-order chi connectivity index (χ1) is 7.87. The lowest BCUT2D eigenvalue weighted by atomic mass is 9.85. The number of amides is 1. The van der Waals surface area contributed by atoms with Crippen LogP contribution in [0.15, 0.2) is 0 Å². The number of nitrogens with one attached hydrogen (secondary N) is 1. The highest BCUT2D eigenvalue weighted by atomic mass is 16.6. The number of hydrogen-bond acceptors (Lipinski definition) is 3. The van der Waals surface area contributed by atoms with Gasteiger partial charge in [0.05, 0.1) is 0 Å². The van der Waals surface area contributed by atoms with E-state index >= 15 is 0 Å². The molecule has 2 saturated carbocycles. The maximum Gasteiger partial charge on any atom is 0.407 e. The predicted octanol–water partition coefficient (Wildman–Crippen LogP) is 1.88. The first-order valence-electron chi connectivity index (χ1n) is 6.59. The summed E-state index contributed by atoms with van der Waals surface area (Å²) in [5.41, 5.74) is 5.76. The smallest absolute Gasteiger partial charge is 0.407 e. The molecule has 2 rings (SSSR count). The van der Waals surface area contributed by atoms with Crippen molar-refractivity contribution in [1.82, 2.24) is 5.32 Å². The molecule has 2 bridgehead atoms. The van der Waals surface area contributed by atoms with Gasteiger partial charge in [0.15, 0.2) is 0 Å². The minimum atomic E-state index is -0.430. The highest BCUT2D eigenvalue weighted by Gasteiger charge is 2.45. The number of carbonyl (C=O) groups excluding carboxylic acids is 1. The Morgan fingerprint density at radius 3 is 2.53 bits per heavy atom. The van der Waals surface area contributed by atoms with E-state index in [4.69, 9.17) is 10.5 Å². The lowest BCUT2D eigenvalue weighted by molar-refractivity contribution is 0.0511. The molecule has 0 aromatic rings. The van der Waals surface area contributed by atoms with Crippen LogP contribution in [0, 0.1) is 17.8 Å². The van der Waals surface area contributed by atoms with Crippen molar-refractivity contribution in [2.24, 2.45) is 23.5 Å². The molecule has 1 amide bonds. The lowest BCUT2D eigenvalue weighted by Gasteiger charge is -2.28. The van der Waals surface area contributed by atoms with Crippen LogP contribution >= 0.6 is 0 Å². The Morgan fingerprint density at radius 1 is 1.35 bits per heavy atom. The van der Waals surface area contributed by atoms with Crippen LogP contribution in [0.25, 0.3) is 0 Å². The number of hydrogen-bond donors (Lipinski definition) is 2. The molecule has 2 fully saturated rings. The highest BCUT2D eigenvalue weighted by Crippen LogP contribution is 2.47. The van der Waals surface area contributed by atoms with Crippen LogP contribution in [-0.4, -0.2) is 24.3 Å². The molecule has 0 radical (unpaired) electrons. The van der Waals surface area contributed by atoms with Crippen molar-refractivity contribution < 1.29 is 9.53 Å². The van der Waals surface area contributed by atoms with Crippen LogP contribution in [0.3, 0.4) is 0 Å². The van der Waals surface area contributed by atoms with Crippen molar-refractivity contribution in [1.29, 1.82) is 0 Å². The molecule has 0 aromatic heterocycles. The third-order valence-corrected chi connectivity index (χ3v) is 4.04. The van der Waals surface area contributed by atoms with Crippen LogP contribution in [0.4, 0.5) is 4.79 Å². The summed E-state index contributed by atoms with van der Waals surface area (Å²) in [7, 11) is 0. The molecule has 0 aliphatic heterocycles. The van der Waals surface area contributed by atoms with Gasteiger partial charge in [0.1, 0.15) is 5.60 Å². The quantitative estimate of drug-likeness (QED) is 0.774. The molecular weight excluding hydrogens is 216 g/mol. The average molecular weight is 240 g/mol. The van der Waals surface area contributed by atoms with E-state index in [2.05, 4.69) is 5.32 Å². The van der Waals surface area contributed by atoms with Crippen molar-refractivity contribution in [3.8, 4) is 0 Å². The van der Waals surface area contributed by atoms with Crippen LogP contribution in [0.2, 0.25) is 0 Å². The Hall–Kier alpha value is -0.770. The first kappa shape index (κ1) is 12.7. The molecular formula is C13H24N2O2. The summed E-state index contributed by atoms with van der Waals surface area (Å²) >= 11 is 0. The van der Waals surface area contributed by atoms with E-state index in [1.165, 1.54) is 19.3 Å². The third-order valence-electron chi connectivity index (χ3n) is 4.04. The molecule has 2 aliphatic carbocycles. The van der Waals surface area contributed by atoms with Gasteiger partial charge in [0.2, 0.25) is 0 Å². The molecule has 0 saturated heterocycles. The molecule has 0 spiro atoms. The molecule has 3 N–H and O–H groups in total. The summed E-state index contributed by atoms with van der Waals surface area (Å²) in [6.45, 7) is 6.28. The molecule has 2 aliphatic rings. The Kier molecular flexibility index (Phi) is 3.34. The van der Waals surface area contributed by atoms with E-state index in [-0.39, 0.29) is 12.1 Å². The van der Waals surface area contributed by atoms with Crippen LogP contribution in [0.5, 0.6) is 0 Å². The Labute approximate surface area is 103 Å². The van der Waals surface area contributed by atoms with Gasteiger partial charge in [0, 0.05) is 12.6 Å². The van der Waals surface area contributed by atoms with E-state index in [0.717, 1.165) is 0 Å². The zero-order valence-electron chi connectivity index (χ0n) is 11.0. The maximum atomic E-state index is 11.6. The normalized spacial score (nSPS) is 36.0. The second kappa shape index (κ2) is 4.48. The lowest BCUT2D eigenvalue weighted by Crippen LogP contribution is -2.43. The topological polar surface area (TPSA) is 64.3 Å². The van der Waals surface area contributed by atoms with E-state index in [9.17, 15) is 4.79 Å². The van der Waals surface area contributed by atoms with Crippen molar-refractivity contribution >= 4 is 6.09 Å². The molecule has 0 aromatic carbocycles. The zero-order chi connectivity index (χ0) is 12.6. The zero-order valence-corrected chi connectivity index (χ0v) is 11.0. The second-order valence-electron chi connectivity index (χ2n) is 6.46. The monoisotopic (exact) mass is 240 g/mol. The summed E-state index contributed by atoms with van der Waals surface area (Å²) in [5, 5.41) is 2.86. The molecule has 98 valence electrons. The molecule has 2 unspecified atom stereocenters. The molecule has 0 heterocycles. The van der Waals surface area contributed by atoms with Crippen molar-refractivity contribution in [3.05, 3.63) is 0 Å². The van der Waals surface area contributed by atoms with E-state index in [0.29, 0.717) is 24.3 Å². The average Bonchev–Trinajstić information content (AvgIpc) is 2.73. The van der Waals surface area contributed by atoms with Crippen molar-refractivity contribution in [2.75, 3.05) is 6.54 Å². The maximum absolute atomic E-state index is 11.6. The molecule has 4 atom stereocenters. The van der Waals surface area contributed by atoms with Gasteiger partial charge in [-0.15, -0.1) is 0 Å². The second-order valence-corrected chi connectivity index (χ2v) is 6.46. The minimum Gasteiger partial charge on any atom is -0.444 e. The fourth-order valence-electron chi connectivity index (χ4n) is 3.27. The van der Waals surface area contributed by atoms with Gasteiger partial charge >= 0.3 is 6.09 Å². The third kappa shape index (κ3) is 2.92. The first-order valence-corrected chi connectivity index (χ1v) is 6.59. The van der Waals surface area contributed by atoms with Gasteiger partial charge in [-0.1, -0.05) is 0 Å². The fraction of sp³-hybridized carbons (Fsp3) is 0.923. The van der Waals surface area contributed by atoms with Gasteiger partial charge in [-0.05, 0) is 57.8 Å². The van der Waals surface area contributed by atoms with Crippen molar-refractivity contribution in [2.45, 2.75) is 51.7 Å². The van der Waals surface area contributed by atoms with E-state index < -0.39 is 5.60 Å². The Bertz CT molecular complexity index is 296. The molecule has 4 heteroatoms. The summed E-state index contributed by atoms with van der Waals surface area (Å²) in [5.74, 6) is 1.84. The van der Waals surface area contributed by atoms with E-state index in [1.54, 1.807) is 0 Å². The standard InChI is InChI=1S/C13H24N2O2/c1-13(2,3)17-12(16)15-7-10-8-4-5-9(6-8)11(10)14/h8-11H,4-7,14H2,1-3H3,(H,15,16)/t8?,9?,10-,11-/m0/s1. The van der Waals surface area contributed by atoms with Gasteiger partial charge in [0.25, 0.3) is 0 Å². The summed E-state index contributed by atoms with van der Waals surface area (Å²) in [4.78, 5) is 11.6. The largest absolute Gasteiger partial charge is 0.444 e. The van der Waals surface area contributed by atoms with Crippen molar-refractivity contribution in [3.63, 3.8) is 0 Å². The summed E-state index contributed by atoms with van der Waals surface area (Å²) in [6, 6.07) is 0.267. The van der Waals surface area contributed by atoms with E-state index in [1.807, 2.05) is 20.8 Å². The summed E-state index contributed by atoms with van der Waals surface area (Å²) < 4.78 is 5.22. The van der Waals surface area contributed by atoms with Gasteiger partial charge in [-0.25, -0.2) is 4.79 Å². The Balaban J connectivity index is 1.77. The number of carbonyl (C=O) groups is 1. The predicted molar refractivity (Wildman–Crippen MR) is 66.5 cm³/mol. The van der Waals surface area contributed by atoms with Gasteiger partial charge in [-0.2, -0.15) is 0 Å². The van der Waals surface area contributed by atoms with Gasteiger partial charge < -0.3 is 15.8 Å². The molecule has 4 nitrogen and oxygen atoms in total. The fourth-order valence-corrected chi connectivity index (χ4v) is 3.27. The Morgan fingerprint density at radius 2 is 2.00 bits per heavy atom. The SMILES string of the molecule is CC(C)(C)OC(=O)NC[C@H]1C2CCC(C2)[C@@H]1N. The minimum absolute atomic E-state index is 0.267. The molecule has 17 heavy (non-hydrogen) atoms. The highest BCUT2D eigenvalue weighted by molar-refractivity contribution is 5.67. The summed E-state index contributed by atoms with van der Waals surface area (Å²) in [6.07, 6.45) is 3.47.